The van der Waals surface area contributed by atoms with Crippen LogP contribution in [0.2, 0.25) is 0 Å². The first-order valence-corrected chi connectivity index (χ1v) is 8.03. The molecule has 0 heterocycles. The monoisotopic (exact) mass is 300 g/mol. The molecule has 1 amide bonds. The Labute approximate surface area is 128 Å². The maximum Gasteiger partial charge on any atom is 0.224 e. The molecule has 4 aliphatic carbocycles. The number of nitrogens with two attached hydrogens (primary N) is 1. The lowest BCUT2D eigenvalue weighted by Crippen LogP contribution is -2.56. The van der Waals surface area contributed by atoms with Gasteiger partial charge < -0.3 is 11.1 Å². The number of rotatable bonds is 4. The topological polar surface area (TPSA) is 55.1 Å². The predicted molar refractivity (Wildman–Crippen MR) is 83.7 cm³/mol. The van der Waals surface area contributed by atoms with Gasteiger partial charge in [0.05, 0.1) is 0 Å². The number of hydrogen-bond acceptors (Lipinski definition) is 2. The molecular formula is C16H29ClN2O. The molecule has 3 N–H and O–H groups in total. The van der Waals surface area contributed by atoms with Crippen molar-refractivity contribution in [3.8, 4) is 0 Å². The number of carbonyl (C=O) groups is 1. The van der Waals surface area contributed by atoms with Crippen LogP contribution >= 0.6 is 12.4 Å². The average Bonchev–Trinajstić information content (AvgIpc) is 2.36. The molecule has 4 aliphatic rings. The van der Waals surface area contributed by atoms with Gasteiger partial charge in [-0.25, -0.2) is 0 Å². The zero-order valence-corrected chi connectivity index (χ0v) is 13.5. The second kappa shape index (κ2) is 5.84. The maximum atomic E-state index is 12.1. The van der Waals surface area contributed by atoms with Crippen LogP contribution in [0.3, 0.4) is 0 Å². The standard InChI is InChI=1S/C16H28N2O.ClH/c1-10(9-17)15(19)18-11(2)16-6-12-3-13(7-16)5-14(4-12)8-16;/h10-14H,3-9,17H2,1-2H3,(H,18,19);1H. The third-order valence-corrected chi connectivity index (χ3v) is 6.16. The van der Waals surface area contributed by atoms with E-state index < -0.39 is 0 Å². The Morgan fingerprint density at radius 3 is 2.00 bits per heavy atom. The Kier molecular flexibility index (Phi) is 4.70. The number of hydrogen-bond donors (Lipinski definition) is 2. The molecule has 4 heteroatoms. The fourth-order valence-corrected chi connectivity index (χ4v) is 5.32. The summed E-state index contributed by atoms with van der Waals surface area (Å²) in [7, 11) is 0. The summed E-state index contributed by atoms with van der Waals surface area (Å²) in [5, 5.41) is 3.27. The minimum Gasteiger partial charge on any atom is -0.353 e. The Hall–Kier alpha value is -0.280. The van der Waals surface area contributed by atoms with E-state index in [1.807, 2.05) is 6.92 Å². The first kappa shape index (κ1) is 16.1. The number of carbonyl (C=O) groups excluding carboxylic acids is 1. The normalized spacial score (nSPS) is 40.9. The van der Waals surface area contributed by atoms with Gasteiger partial charge in [-0.15, -0.1) is 12.4 Å². The van der Waals surface area contributed by atoms with Gasteiger partial charge in [-0.05, 0) is 68.6 Å². The summed E-state index contributed by atoms with van der Waals surface area (Å²) in [4.78, 5) is 12.1. The minimum absolute atomic E-state index is 0. The zero-order chi connectivity index (χ0) is 13.6. The van der Waals surface area contributed by atoms with Crippen LogP contribution in [0.4, 0.5) is 0 Å². The smallest absolute Gasteiger partial charge is 0.224 e. The van der Waals surface area contributed by atoms with Crippen LogP contribution in [0.5, 0.6) is 0 Å². The molecule has 0 aromatic rings. The first-order chi connectivity index (χ1) is 9.02. The summed E-state index contributed by atoms with van der Waals surface area (Å²) in [5.74, 6) is 2.91. The average molecular weight is 301 g/mol. The summed E-state index contributed by atoms with van der Waals surface area (Å²) in [6, 6.07) is 0.322. The van der Waals surface area contributed by atoms with E-state index in [1.54, 1.807) is 0 Å². The minimum atomic E-state index is -0.0589. The van der Waals surface area contributed by atoms with Crippen LogP contribution in [0.15, 0.2) is 0 Å². The molecule has 0 spiro atoms. The van der Waals surface area contributed by atoms with Gasteiger partial charge in [-0.3, -0.25) is 4.79 Å². The SMILES string of the molecule is CC(CN)C(=O)NC(C)C12CC3CC(CC(C3)C1)C2.Cl. The third-order valence-electron chi connectivity index (χ3n) is 6.16. The summed E-state index contributed by atoms with van der Waals surface area (Å²) in [5.41, 5.74) is 6.00. The van der Waals surface area contributed by atoms with Gasteiger partial charge in [0.15, 0.2) is 0 Å². The Balaban J connectivity index is 0.00000147. The molecule has 4 rings (SSSR count). The highest BCUT2D eigenvalue weighted by molar-refractivity contribution is 5.85. The Bertz CT molecular complexity index is 336. The highest BCUT2D eigenvalue weighted by Crippen LogP contribution is 2.61. The van der Waals surface area contributed by atoms with E-state index in [-0.39, 0.29) is 24.2 Å². The number of halogens is 1. The van der Waals surface area contributed by atoms with Gasteiger partial charge in [0.2, 0.25) is 5.91 Å². The van der Waals surface area contributed by atoms with Gasteiger partial charge in [0.25, 0.3) is 0 Å². The van der Waals surface area contributed by atoms with E-state index in [1.165, 1.54) is 38.5 Å². The Morgan fingerprint density at radius 2 is 1.60 bits per heavy atom. The lowest BCUT2D eigenvalue weighted by Gasteiger charge is -2.59. The molecule has 0 aromatic carbocycles. The molecule has 4 saturated carbocycles. The van der Waals surface area contributed by atoms with Crippen LogP contribution in [0.1, 0.15) is 52.4 Å². The first-order valence-electron chi connectivity index (χ1n) is 8.03. The molecule has 0 aliphatic heterocycles. The fourth-order valence-electron chi connectivity index (χ4n) is 5.32. The van der Waals surface area contributed by atoms with Gasteiger partial charge in [0, 0.05) is 18.5 Å². The van der Waals surface area contributed by atoms with Crippen molar-refractivity contribution in [3.05, 3.63) is 0 Å². The lowest BCUT2D eigenvalue weighted by atomic mass is 9.48. The Morgan fingerprint density at radius 1 is 1.15 bits per heavy atom. The largest absolute Gasteiger partial charge is 0.353 e. The molecule has 3 nitrogen and oxygen atoms in total. The fraction of sp³-hybridized carbons (Fsp3) is 0.938. The maximum absolute atomic E-state index is 12.1. The van der Waals surface area contributed by atoms with E-state index in [0.29, 0.717) is 18.0 Å². The lowest BCUT2D eigenvalue weighted by molar-refractivity contribution is -0.128. The molecule has 4 fully saturated rings. The molecule has 20 heavy (non-hydrogen) atoms. The number of nitrogens with one attached hydrogen (secondary N) is 1. The van der Waals surface area contributed by atoms with E-state index >= 15 is 0 Å². The van der Waals surface area contributed by atoms with Crippen LogP contribution in [-0.4, -0.2) is 18.5 Å². The van der Waals surface area contributed by atoms with Crippen molar-refractivity contribution in [2.75, 3.05) is 6.54 Å². The third kappa shape index (κ3) is 2.71. The summed E-state index contributed by atoms with van der Waals surface area (Å²) in [6.07, 6.45) is 8.41. The van der Waals surface area contributed by atoms with E-state index in [2.05, 4.69) is 12.2 Å². The van der Waals surface area contributed by atoms with Crippen LogP contribution in [-0.2, 0) is 4.79 Å². The van der Waals surface area contributed by atoms with Crippen molar-refractivity contribution in [1.82, 2.24) is 5.32 Å². The van der Waals surface area contributed by atoms with Crippen molar-refractivity contribution in [2.24, 2.45) is 34.8 Å². The van der Waals surface area contributed by atoms with Gasteiger partial charge in [-0.2, -0.15) is 0 Å². The summed E-state index contributed by atoms with van der Waals surface area (Å²) >= 11 is 0. The van der Waals surface area contributed by atoms with Crippen LogP contribution < -0.4 is 11.1 Å². The van der Waals surface area contributed by atoms with Gasteiger partial charge in [-0.1, -0.05) is 6.92 Å². The molecular weight excluding hydrogens is 272 g/mol. The molecule has 0 radical (unpaired) electrons. The van der Waals surface area contributed by atoms with Crippen LogP contribution in [0.25, 0.3) is 0 Å². The van der Waals surface area contributed by atoms with Crippen molar-refractivity contribution < 1.29 is 4.79 Å². The molecule has 2 unspecified atom stereocenters. The van der Waals surface area contributed by atoms with Gasteiger partial charge >= 0.3 is 0 Å². The van der Waals surface area contributed by atoms with Crippen molar-refractivity contribution in [2.45, 2.75) is 58.4 Å². The second-order valence-corrected chi connectivity index (χ2v) is 7.65. The zero-order valence-electron chi connectivity index (χ0n) is 12.7. The van der Waals surface area contributed by atoms with E-state index in [9.17, 15) is 4.79 Å². The summed E-state index contributed by atoms with van der Waals surface area (Å²) < 4.78 is 0. The molecule has 0 saturated heterocycles. The van der Waals surface area contributed by atoms with E-state index in [4.69, 9.17) is 5.73 Å². The molecule has 4 bridgehead atoms. The van der Waals surface area contributed by atoms with Crippen molar-refractivity contribution in [1.29, 1.82) is 0 Å². The second-order valence-electron chi connectivity index (χ2n) is 7.65. The molecule has 116 valence electrons. The highest BCUT2D eigenvalue weighted by Gasteiger charge is 2.53. The van der Waals surface area contributed by atoms with Crippen molar-refractivity contribution in [3.63, 3.8) is 0 Å². The summed E-state index contributed by atoms with van der Waals surface area (Å²) in [6.45, 7) is 4.59. The van der Waals surface area contributed by atoms with Gasteiger partial charge in [0.1, 0.15) is 0 Å². The number of amides is 1. The quantitative estimate of drug-likeness (QED) is 0.839. The van der Waals surface area contributed by atoms with Crippen molar-refractivity contribution >= 4 is 18.3 Å². The molecule has 2 atom stereocenters. The predicted octanol–water partition coefficient (Wildman–Crippen LogP) is 2.72. The van der Waals surface area contributed by atoms with Crippen LogP contribution in [0, 0.1) is 29.1 Å². The molecule has 0 aromatic heterocycles. The van der Waals surface area contributed by atoms with E-state index in [0.717, 1.165) is 17.8 Å². The highest BCUT2D eigenvalue weighted by atomic mass is 35.5.